The van der Waals surface area contributed by atoms with E-state index in [1.54, 1.807) is 44.2 Å². The Morgan fingerprint density at radius 1 is 1.15 bits per heavy atom. The molecule has 0 fully saturated rings. The molecule has 8 heteroatoms. The molecule has 0 unspecified atom stereocenters. The lowest BCUT2D eigenvalue weighted by Gasteiger charge is -2.13. The summed E-state index contributed by atoms with van der Waals surface area (Å²) in [6.45, 7) is 3.41. The third-order valence-electron chi connectivity index (χ3n) is 4.05. The Bertz CT molecular complexity index is 1200. The molecule has 0 amide bonds. The van der Waals surface area contributed by atoms with Crippen molar-refractivity contribution in [2.45, 2.75) is 24.8 Å². The molecule has 0 N–H and O–H groups in total. The quantitative estimate of drug-likeness (QED) is 0.395. The zero-order valence-electron chi connectivity index (χ0n) is 14.6. The number of nitrogens with zero attached hydrogens (tertiary/aromatic N) is 4. The van der Waals surface area contributed by atoms with E-state index >= 15 is 0 Å². The number of thioether (sulfide) groups is 1. The second kappa shape index (κ2) is 6.96. The van der Waals surface area contributed by atoms with E-state index in [4.69, 9.17) is 4.52 Å². The predicted molar refractivity (Wildman–Crippen MR) is 101 cm³/mol. The summed E-state index contributed by atoms with van der Waals surface area (Å²) in [4.78, 5) is 21.9. The molecular formula is C19H15FN4O2S. The van der Waals surface area contributed by atoms with Crippen LogP contribution in [0.15, 0.2) is 56.9 Å². The van der Waals surface area contributed by atoms with E-state index in [9.17, 15) is 9.18 Å². The zero-order valence-corrected chi connectivity index (χ0v) is 15.5. The van der Waals surface area contributed by atoms with Crippen LogP contribution >= 0.6 is 11.8 Å². The Balaban J connectivity index is 1.86. The van der Waals surface area contributed by atoms with Gasteiger partial charge < -0.3 is 4.52 Å². The van der Waals surface area contributed by atoms with Gasteiger partial charge in [0.1, 0.15) is 5.82 Å². The molecule has 0 aliphatic carbocycles. The van der Waals surface area contributed by atoms with E-state index in [1.807, 2.05) is 6.07 Å². The Morgan fingerprint density at radius 3 is 2.70 bits per heavy atom. The topological polar surface area (TPSA) is 73.8 Å². The minimum atomic E-state index is -0.379. The maximum Gasteiger partial charge on any atom is 0.266 e. The smallest absolute Gasteiger partial charge is 0.266 e. The molecule has 0 spiro atoms. The molecule has 4 rings (SSSR count). The van der Waals surface area contributed by atoms with Crippen molar-refractivity contribution in [3.05, 3.63) is 75.9 Å². The van der Waals surface area contributed by atoms with Gasteiger partial charge in [-0.15, -0.1) is 0 Å². The van der Waals surface area contributed by atoms with Crippen LogP contribution in [0.3, 0.4) is 0 Å². The molecule has 27 heavy (non-hydrogen) atoms. The van der Waals surface area contributed by atoms with Gasteiger partial charge in [0.25, 0.3) is 5.56 Å². The molecule has 0 aliphatic rings. The molecule has 2 aromatic carbocycles. The van der Waals surface area contributed by atoms with Crippen molar-refractivity contribution >= 4 is 22.7 Å². The highest BCUT2D eigenvalue weighted by atomic mass is 32.2. The van der Waals surface area contributed by atoms with Crippen LogP contribution in [0.5, 0.6) is 0 Å². The number of hydrogen-bond acceptors (Lipinski definition) is 6. The Labute approximate surface area is 158 Å². The normalized spacial score (nSPS) is 11.2. The molecule has 6 nitrogen and oxygen atoms in total. The van der Waals surface area contributed by atoms with Gasteiger partial charge in [-0.2, -0.15) is 4.98 Å². The number of aromatic nitrogens is 4. The lowest BCUT2D eigenvalue weighted by atomic mass is 10.2. The molecule has 0 saturated heterocycles. The van der Waals surface area contributed by atoms with Gasteiger partial charge in [-0.25, -0.2) is 9.37 Å². The van der Waals surface area contributed by atoms with Gasteiger partial charge in [-0.1, -0.05) is 35.1 Å². The van der Waals surface area contributed by atoms with Crippen LogP contribution in [-0.2, 0) is 5.75 Å². The average molecular weight is 382 g/mol. The van der Waals surface area contributed by atoms with Crippen LogP contribution in [0.4, 0.5) is 4.39 Å². The number of aryl methyl sites for hydroxylation is 2. The highest BCUT2D eigenvalue weighted by molar-refractivity contribution is 7.98. The first-order valence-electron chi connectivity index (χ1n) is 8.23. The summed E-state index contributed by atoms with van der Waals surface area (Å²) < 4.78 is 20.7. The standard InChI is InChI=1S/C19H15FN4O2S/c1-11-7-8-13(9-15(11)20)24-18(25)14-5-3-4-6-16(14)22-19(24)27-10-17-21-12(2)23-26-17/h3-9H,10H2,1-2H3. The number of halogens is 1. The first-order valence-corrected chi connectivity index (χ1v) is 9.22. The summed E-state index contributed by atoms with van der Waals surface area (Å²) in [6.07, 6.45) is 0. The first kappa shape index (κ1) is 17.4. The lowest BCUT2D eigenvalue weighted by Crippen LogP contribution is -2.22. The predicted octanol–water partition coefficient (Wildman–Crippen LogP) is 3.82. The SMILES string of the molecule is Cc1noc(CSc2nc3ccccc3c(=O)n2-c2ccc(C)c(F)c2)n1. The molecule has 0 radical (unpaired) electrons. The number of benzene rings is 2. The van der Waals surface area contributed by atoms with Crippen LogP contribution < -0.4 is 5.56 Å². The first-order chi connectivity index (χ1) is 13.0. The van der Waals surface area contributed by atoms with E-state index in [0.29, 0.717) is 44.8 Å². The summed E-state index contributed by atoms with van der Waals surface area (Å²) in [6, 6.07) is 11.8. The minimum Gasteiger partial charge on any atom is -0.338 e. The van der Waals surface area contributed by atoms with Crippen LogP contribution in [0.25, 0.3) is 16.6 Å². The van der Waals surface area contributed by atoms with Gasteiger partial charge >= 0.3 is 0 Å². The molecule has 0 aliphatic heterocycles. The Hall–Kier alpha value is -3.00. The van der Waals surface area contributed by atoms with Gasteiger partial charge in [-0.05, 0) is 43.7 Å². The monoisotopic (exact) mass is 382 g/mol. The van der Waals surface area contributed by atoms with Crippen molar-refractivity contribution in [1.29, 1.82) is 0 Å². The van der Waals surface area contributed by atoms with Gasteiger partial charge in [0.2, 0.25) is 5.89 Å². The Kier molecular flexibility index (Phi) is 4.49. The molecule has 4 aromatic rings. The summed E-state index contributed by atoms with van der Waals surface area (Å²) in [5, 5.41) is 4.66. The number of rotatable bonds is 4. The summed E-state index contributed by atoms with van der Waals surface area (Å²) in [7, 11) is 0. The lowest BCUT2D eigenvalue weighted by molar-refractivity contribution is 0.387. The average Bonchev–Trinajstić information content (AvgIpc) is 3.08. The van der Waals surface area contributed by atoms with Crippen molar-refractivity contribution in [2.75, 3.05) is 0 Å². The van der Waals surface area contributed by atoms with Gasteiger partial charge in [-0.3, -0.25) is 9.36 Å². The van der Waals surface area contributed by atoms with Crippen molar-refractivity contribution in [1.82, 2.24) is 19.7 Å². The zero-order chi connectivity index (χ0) is 19.0. The van der Waals surface area contributed by atoms with Crippen molar-refractivity contribution in [3.63, 3.8) is 0 Å². The summed E-state index contributed by atoms with van der Waals surface area (Å²) in [5.41, 5.74) is 1.25. The number of hydrogen-bond donors (Lipinski definition) is 0. The maximum absolute atomic E-state index is 14.1. The summed E-state index contributed by atoms with van der Waals surface area (Å²) >= 11 is 1.28. The van der Waals surface area contributed by atoms with Crippen LogP contribution in [-0.4, -0.2) is 19.7 Å². The van der Waals surface area contributed by atoms with Crippen LogP contribution in [0.1, 0.15) is 17.3 Å². The third kappa shape index (κ3) is 3.35. The third-order valence-corrected chi connectivity index (χ3v) is 4.98. The van der Waals surface area contributed by atoms with E-state index in [2.05, 4.69) is 15.1 Å². The molecule has 0 bridgehead atoms. The minimum absolute atomic E-state index is 0.256. The van der Waals surface area contributed by atoms with Crippen molar-refractivity contribution < 1.29 is 8.91 Å². The van der Waals surface area contributed by atoms with Gasteiger partial charge in [0.05, 0.1) is 22.3 Å². The second-order valence-electron chi connectivity index (χ2n) is 6.01. The molecular weight excluding hydrogens is 367 g/mol. The van der Waals surface area contributed by atoms with E-state index in [0.717, 1.165) is 0 Å². The largest absolute Gasteiger partial charge is 0.338 e. The number of fused-ring (bicyclic) bond motifs is 1. The van der Waals surface area contributed by atoms with Crippen LogP contribution in [0.2, 0.25) is 0 Å². The van der Waals surface area contributed by atoms with Crippen molar-refractivity contribution in [3.8, 4) is 5.69 Å². The molecule has 2 aromatic heterocycles. The molecule has 2 heterocycles. The van der Waals surface area contributed by atoms with E-state index in [-0.39, 0.29) is 11.4 Å². The van der Waals surface area contributed by atoms with Crippen LogP contribution in [0, 0.1) is 19.7 Å². The fourth-order valence-electron chi connectivity index (χ4n) is 2.68. The van der Waals surface area contributed by atoms with E-state index in [1.165, 1.54) is 22.4 Å². The summed E-state index contributed by atoms with van der Waals surface area (Å²) in [5.74, 6) is 0.938. The molecule has 0 saturated carbocycles. The maximum atomic E-state index is 14.1. The fourth-order valence-corrected chi connectivity index (χ4v) is 3.53. The second-order valence-corrected chi connectivity index (χ2v) is 6.95. The van der Waals surface area contributed by atoms with E-state index < -0.39 is 0 Å². The highest BCUT2D eigenvalue weighted by Gasteiger charge is 2.15. The number of para-hydroxylation sites is 1. The fraction of sp³-hybridized carbons (Fsp3) is 0.158. The highest BCUT2D eigenvalue weighted by Crippen LogP contribution is 2.25. The van der Waals surface area contributed by atoms with Gasteiger partial charge in [0, 0.05) is 0 Å². The molecule has 0 atom stereocenters. The Morgan fingerprint density at radius 2 is 1.96 bits per heavy atom. The van der Waals surface area contributed by atoms with Crippen molar-refractivity contribution in [2.24, 2.45) is 0 Å². The van der Waals surface area contributed by atoms with Gasteiger partial charge in [0.15, 0.2) is 11.0 Å². The molecule has 136 valence electrons.